The van der Waals surface area contributed by atoms with Crippen LogP contribution in [0.15, 0.2) is 24.3 Å². The lowest BCUT2D eigenvalue weighted by molar-refractivity contribution is -0.255. The average molecular weight is 328 g/mol. The second-order valence-corrected chi connectivity index (χ2v) is 5.19. The van der Waals surface area contributed by atoms with Gasteiger partial charge in [-0.05, 0) is 37.6 Å². The molecule has 1 heterocycles. The summed E-state index contributed by atoms with van der Waals surface area (Å²) >= 11 is 0. The number of H-pyrrole nitrogens is 1. The molecule has 0 fully saturated rings. The van der Waals surface area contributed by atoms with E-state index in [4.69, 9.17) is 9.47 Å². The van der Waals surface area contributed by atoms with E-state index in [9.17, 15) is 14.7 Å². The zero-order valence-corrected chi connectivity index (χ0v) is 13.9. The molecule has 6 nitrogen and oxygen atoms in total. The van der Waals surface area contributed by atoms with E-state index in [1.54, 1.807) is 38.1 Å². The van der Waals surface area contributed by atoms with E-state index < -0.39 is 5.97 Å². The van der Waals surface area contributed by atoms with Crippen LogP contribution in [0.2, 0.25) is 0 Å². The molecule has 1 aromatic heterocycles. The molecule has 0 saturated heterocycles. The van der Waals surface area contributed by atoms with Gasteiger partial charge in [-0.3, -0.25) is 4.79 Å². The smallest absolute Gasteiger partial charge is 0.187 e. The Bertz CT molecular complexity index is 817. The predicted molar refractivity (Wildman–Crippen MR) is 87.5 cm³/mol. The van der Waals surface area contributed by atoms with Gasteiger partial charge in [0.2, 0.25) is 0 Å². The first-order valence-corrected chi connectivity index (χ1v) is 7.24. The standard InChI is InChI=1S/C18H19NO5/c1-10-15(11(2)19-16(10)18(21)22)13(20)9-8-12-6-5-7-14(23-3)17(12)24-4/h5-9,19H,1-4H3,(H,21,22)/p-1/b9-8+. The Morgan fingerprint density at radius 1 is 1.17 bits per heavy atom. The monoisotopic (exact) mass is 328 g/mol. The third-order valence-electron chi connectivity index (χ3n) is 3.74. The number of aryl methyl sites for hydroxylation is 1. The normalized spacial score (nSPS) is 10.8. The number of carboxylic acid groups (broad SMARTS) is 1. The largest absolute Gasteiger partial charge is 0.543 e. The second-order valence-electron chi connectivity index (χ2n) is 5.19. The maximum Gasteiger partial charge on any atom is 0.187 e. The molecule has 0 radical (unpaired) electrons. The van der Waals surface area contributed by atoms with Crippen molar-refractivity contribution in [3.05, 3.63) is 52.4 Å². The highest BCUT2D eigenvalue weighted by atomic mass is 16.5. The van der Waals surface area contributed by atoms with Gasteiger partial charge in [0.25, 0.3) is 0 Å². The summed E-state index contributed by atoms with van der Waals surface area (Å²) in [6.07, 6.45) is 2.98. The molecule has 2 aromatic rings. The average Bonchev–Trinajstić information content (AvgIpc) is 2.86. The van der Waals surface area contributed by atoms with Crippen molar-refractivity contribution in [1.82, 2.24) is 4.98 Å². The number of hydrogen-bond donors (Lipinski definition) is 1. The number of methoxy groups -OCH3 is 2. The summed E-state index contributed by atoms with van der Waals surface area (Å²) in [5, 5.41) is 11.0. The van der Waals surface area contributed by atoms with Crippen LogP contribution in [0, 0.1) is 13.8 Å². The third-order valence-corrected chi connectivity index (χ3v) is 3.74. The van der Waals surface area contributed by atoms with E-state index in [2.05, 4.69) is 4.98 Å². The van der Waals surface area contributed by atoms with Crippen LogP contribution < -0.4 is 14.6 Å². The van der Waals surface area contributed by atoms with Gasteiger partial charge in [0.15, 0.2) is 17.3 Å². The number of benzene rings is 1. The summed E-state index contributed by atoms with van der Waals surface area (Å²) in [6, 6.07) is 5.33. The molecule has 1 aromatic carbocycles. The van der Waals surface area contributed by atoms with Crippen molar-refractivity contribution in [2.45, 2.75) is 13.8 Å². The topological polar surface area (TPSA) is 91.5 Å². The Kier molecular flexibility index (Phi) is 5.08. The van der Waals surface area contributed by atoms with Gasteiger partial charge in [-0.15, -0.1) is 0 Å². The van der Waals surface area contributed by atoms with Crippen LogP contribution in [0.3, 0.4) is 0 Å². The minimum atomic E-state index is -1.34. The Hall–Kier alpha value is -3.02. The summed E-state index contributed by atoms with van der Waals surface area (Å²) in [4.78, 5) is 26.2. The first kappa shape index (κ1) is 17.3. The van der Waals surface area contributed by atoms with Crippen LogP contribution in [-0.2, 0) is 0 Å². The molecule has 0 bridgehead atoms. The van der Waals surface area contributed by atoms with E-state index in [0.717, 1.165) is 0 Å². The Morgan fingerprint density at radius 3 is 2.42 bits per heavy atom. The summed E-state index contributed by atoms with van der Waals surface area (Å²) < 4.78 is 10.5. The lowest BCUT2D eigenvalue weighted by Crippen LogP contribution is -2.23. The lowest BCUT2D eigenvalue weighted by Gasteiger charge is -2.09. The van der Waals surface area contributed by atoms with Gasteiger partial charge >= 0.3 is 0 Å². The SMILES string of the molecule is COc1cccc(/C=C/C(=O)c2c(C)[nH]c(C(=O)[O-])c2C)c1OC. The first-order valence-electron chi connectivity index (χ1n) is 7.24. The fourth-order valence-corrected chi connectivity index (χ4v) is 2.62. The Balaban J connectivity index is 2.38. The van der Waals surface area contributed by atoms with Crippen LogP contribution in [-0.4, -0.2) is 31.0 Å². The number of nitrogens with one attached hydrogen (secondary N) is 1. The highest BCUT2D eigenvalue weighted by molar-refractivity contribution is 6.10. The predicted octanol–water partition coefficient (Wildman–Crippen LogP) is 1.91. The van der Waals surface area contributed by atoms with Crippen molar-refractivity contribution in [2.24, 2.45) is 0 Å². The van der Waals surface area contributed by atoms with Crippen molar-refractivity contribution in [3.63, 3.8) is 0 Å². The van der Waals surface area contributed by atoms with Crippen LogP contribution in [0.1, 0.15) is 37.7 Å². The van der Waals surface area contributed by atoms with Gasteiger partial charge in [-0.25, -0.2) is 0 Å². The Morgan fingerprint density at radius 2 is 1.88 bits per heavy atom. The number of carbonyl (C=O) groups excluding carboxylic acids is 2. The third kappa shape index (κ3) is 3.17. The Labute approximate surface area is 139 Å². The molecule has 24 heavy (non-hydrogen) atoms. The highest BCUT2D eigenvalue weighted by Crippen LogP contribution is 2.31. The summed E-state index contributed by atoms with van der Waals surface area (Å²) in [6.45, 7) is 3.22. The first-order chi connectivity index (χ1) is 11.4. The molecular formula is C18H18NO5-. The lowest BCUT2D eigenvalue weighted by atomic mass is 10.0. The molecule has 0 saturated carbocycles. The van der Waals surface area contributed by atoms with E-state index in [1.807, 2.05) is 0 Å². The second kappa shape index (κ2) is 7.04. The van der Waals surface area contributed by atoms with Gasteiger partial charge in [0, 0.05) is 16.8 Å². The van der Waals surface area contributed by atoms with E-state index >= 15 is 0 Å². The van der Waals surface area contributed by atoms with E-state index in [1.165, 1.54) is 20.3 Å². The summed E-state index contributed by atoms with van der Waals surface area (Å²) in [7, 11) is 3.05. The number of para-hydroxylation sites is 1. The molecule has 2 rings (SSSR count). The van der Waals surface area contributed by atoms with Crippen molar-refractivity contribution in [1.29, 1.82) is 0 Å². The highest BCUT2D eigenvalue weighted by Gasteiger charge is 2.17. The number of allylic oxidation sites excluding steroid dienone is 1. The van der Waals surface area contributed by atoms with Gasteiger partial charge < -0.3 is 24.4 Å². The molecule has 1 N–H and O–H groups in total. The van der Waals surface area contributed by atoms with Gasteiger partial charge in [-0.2, -0.15) is 0 Å². The number of carboxylic acids is 1. The zero-order valence-electron chi connectivity index (χ0n) is 13.9. The van der Waals surface area contributed by atoms with Crippen molar-refractivity contribution in [2.75, 3.05) is 14.2 Å². The number of ketones is 1. The van der Waals surface area contributed by atoms with Gasteiger partial charge in [-0.1, -0.05) is 12.1 Å². The van der Waals surface area contributed by atoms with Gasteiger partial charge in [0.05, 0.1) is 25.9 Å². The van der Waals surface area contributed by atoms with E-state index in [0.29, 0.717) is 33.9 Å². The fraction of sp³-hybridized carbons (Fsp3) is 0.222. The molecule has 0 aliphatic carbocycles. The van der Waals surface area contributed by atoms with Gasteiger partial charge in [0.1, 0.15) is 0 Å². The molecular weight excluding hydrogens is 310 g/mol. The fourth-order valence-electron chi connectivity index (χ4n) is 2.62. The molecule has 0 amide bonds. The minimum absolute atomic E-state index is 0.0804. The number of ether oxygens (including phenoxy) is 2. The molecule has 6 heteroatoms. The van der Waals surface area contributed by atoms with Crippen LogP contribution >= 0.6 is 0 Å². The molecule has 126 valence electrons. The number of hydrogen-bond acceptors (Lipinski definition) is 5. The summed E-state index contributed by atoms with van der Waals surface area (Å²) in [5.41, 5.74) is 1.77. The molecule has 0 unspecified atom stereocenters. The van der Waals surface area contributed by atoms with Crippen LogP contribution in [0.4, 0.5) is 0 Å². The zero-order chi connectivity index (χ0) is 17.9. The summed E-state index contributed by atoms with van der Waals surface area (Å²) in [5.74, 6) is -0.575. The number of carbonyl (C=O) groups is 2. The van der Waals surface area contributed by atoms with Crippen LogP contribution in [0.5, 0.6) is 11.5 Å². The van der Waals surface area contributed by atoms with E-state index in [-0.39, 0.29) is 11.5 Å². The minimum Gasteiger partial charge on any atom is -0.543 e. The molecule has 0 aliphatic rings. The quantitative estimate of drug-likeness (QED) is 0.646. The molecule has 0 atom stereocenters. The molecule has 0 aliphatic heterocycles. The van der Waals surface area contributed by atoms with Crippen LogP contribution in [0.25, 0.3) is 6.08 Å². The maximum absolute atomic E-state index is 12.5. The van der Waals surface area contributed by atoms with Crippen molar-refractivity contribution >= 4 is 17.8 Å². The number of aromatic nitrogens is 1. The maximum atomic E-state index is 12.5. The van der Waals surface area contributed by atoms with Crippen molar-refractivity contribution < 1.29 is 24.2 Å². The number of aromatic carboxylic acids is 1. The van der Waals surface area contributed by atoms with Crippen molar-refractivity contribution in [3.8, 4) is 11.5 Å². The number of rotatable bonds is 6. The molecule has 0 spiro atoms. The number of aromatic amines is 1.